The molecule has 19 heavy (non-hydrogen) atoms. The summed E-state index contributed by atoms with van der Waals surface area (Å²) in [6, 6.07) is 10.2. The number of phenolic OH excluding ortho intramolecular Hbond substituents is 1. The fraction of sp³-hybridized carbons (Fsp3) is 0. The number of benzene rings is 2. The second-order valence-electron chi connectivity index (χ2n) is 3.72. The van der Waals surface area contributed by atoms with Gasteiger partial charge in [0.25, 0.3) is 10.0 Å². The quantitative estimate of drug-likeness (QED) is 0.820. The summed E-state index contributed by atoms with van der Waals surface area (Å²) in [7, 11) is -3.76. The molecule has 0 bridgehead atoms. The largest absolute Gasteiger partial charge is 0.506 e. The van der Waals surface area contributed by atoms with Crippen LogP contribution in [-0.4, -0.2) is 13.5 Å². The van der Waals surface area contributed by atoms with Gasteiger partial charge < -0.3 is 5.11 Å². The minimum absolute atomic E-state index is 0.0660. The molecule has 0 aliphatic rings. The highest BCUT2D eigenvalue weighted by molar-refractivity contribution is 9.10. The van der Waals surface area contributed by atoms with Crippen molar-refractivity contribution in [2.24, 2.45) is 0 Å². The van der Waals surface area contributed by atoms with Crippen LogP contribution in [0.15, 0.2) is 51.8 Å². The highest BCUT2D eigenvalue weighted by Gasteiger charge is 2.16. The summed E-state index contributed by atoms with van der Waals surface area (Å²) in [6.45, 7) is 0. The van der Waals surface area contributed by atoms with Gasteiger partial charge in [-0.2, -0.15) is 0 Å². The maximum Gasteiger partial charge on any atom is 0.262 e. The third-order valence-corrected chi connectivity index (χ3v) is 4.45. The smallest absolute Gasteiger partial charge is 0.262 e. The Morgan fingerprint density at radius 3 is 2.37 bits per heavy atom. The molecule has 0 saturated heterocycles. The number of halogens is 2. The summed E-state index contributed by atoms with van der Waals surface area (Å²) in [4.78, 5) is 0.0660. The summed E-state index contributed by atoms with van der Waals surface area (Å²) in [5, 5.41) is 10.1. The van der Waals surface area contributed by atoms with E-state index in [0.717, 1.165) is 0 Å². The van der Waals surface area contributed by atoms with Gasteiger partial charge in [0.2, 0.25) is 0 Å². The lowest BCUT2D eigenvalue weighted by Gasteiger charge is -2.10. The van der Waals surface area contributed by atoms with E-state index in [4.69, 9.17) is 11.6 Å². The van der Waals surface area contributed by atoms with Gasteiger partial charge in [0.05, 0.1) is 10.6 Å². The van der Waals surface area contributed by atoms with Crippen molar-refractivity contribution in [2.75, 3.05) is 4.72 Å². The van der Waals surface area contributed by atoms with Crippen LogP contribution in [0.25, 0.3) is 0 Å². The number of nitrogens with one attached hydrogen (secondary N) is 1. The van der Waals surface area contributed by atoms with E-state index in [1.54, 1.807) is 6.07 Å². The molecule has 0 aromatic heterocycles. The first-order valence-electron chi connectivity index (χ1n) is 5.15. The van der Waals surface area contributed by atoms with Crippen LogP contribution in [0.1, 0.15) is 0 Å². The molecule has 0 heterocycles. The molecule has 0 spiro atoms. The van der Waals surface area contributed by atoms with Crippen LogP contribution < -0.4 is 4.72 Å². The lowest BCUT2D eigenvalue weighted by molar-refractivity contribution is 0.477. The zero-order valence-electron chi connectivity index (χ0n) is 9.47. The fourth-order valence-electron chi connectivity index (χ4n) is 1.41. The van der Waals surface area contributed by atoms with Crippen molar-refractivity contribution in [2.45, 2.75) is 4.90 Å². The van der Waals surface area contributed by atoms with Gasteiger partial charge >= 0.3 is 0 Å². The van der Waals surface area contributed by atoms with Gasteiger partial charge in [-0.3, -0.25) is 4.72 Å². The second kappa shape index (κ2) is 5.40. The molecule has 0 radical (unpaired) electrons. The fourth-order valence-corrected chi connectivity index (χ4v) is 2.96. The Morgan fingerprint density at radius 1 is 1.11 bits per heavy atom. The molecular weight excluding hydrogens is 354 g/mol. The first kappa shape index (κ1) is 14.2. The third-order valence-electron chi connectivity index (χ3n) is 2.33. The Balaban J connectivity index is 2.36. The van der Waals surface area contributed by atoms with Crippen molar-refractivity contribution in [1.82, 2.24) is 0 Å². The van der Waals surface area contributed by atoms with E-state index in [1.165, 1.54) is 36.4 Å². The van der Waals surface area contributed by atoms with Gasteiger partial charge in [-0.25, -0.2) is 8.42 Å². The molecule has 4 nitrogen and oxygen atoms in total. The van der Waals surface area contributed by atoms with E-state index in [2.05, 4.69) is 20.7 Å². The predicted octanol–water partition coefficient (Wildman–Crippen LogP) is 3.61. The van der Waals surface area contributed by atoms with Gasteiger partial charge in [-0.05, 0) is 42.5 Å². The molecule has 7 heteroatoms. The van der Waals surface area contributed by atoms with E-state index < -0.39 is 10.0 Å². The Morgan fingerprint density at radius 2 is 1.74 bits per heavy atom. The Hall–Kier alpha value is -1.24. The van der Waals surface area contributed by atoms with Crippen LogP contribution in [0.2, 0.25) is 5.02 Å². The van der Waals surface area contributed by atoms with Crippen molar-refractivity contribution in [3.8, 4) is 5.75 Å². The molecule has 0 aliphatic carbocycles. The second-order valence-corrected chi connectivity index (χ2v) is 6.76. The number of phenols is 1. The number of rotatable bonds is 3. The van der Waals surface area contributed by atoms with Gasteiger partial charge in [0.15, 0.2) is 0 Å². The molecule has 0 atom stereocenters. The number of hydrogen-bond donors (Lipinski definition) is 2. The number of sulfonamides is 1. The summed E-state index contributed by atoms with van der Waals surface area (Å²) < 4.78 is 27.2. The average molecular weight is 363 g/mol. The molecule has 0 fully saturated rings. The van der Waals surface area contributed by atoms with Gasteiger partial charge in [-0.15, -0.1) is 0 Å². The molecule has 0 saturated carbocycles. The molecular formula is C12H9BrClNO3S. The number of anilines is 1. The van der Waals surface area contributed by atoms with Crippen LogP contribution in [0.4, 0.5) is 5.69 Å². The molecule has 2 aromatic carbocycles. The van der Waals surface area contributed by atoms with Crippen LogP contribution in [-0.2, 0) is 10.0 Å². The van der Waals surface area contributed by atoms with Crippen molar-refractivity contribution >= 4 is 43.2 Å². The predicted molar refractivity (Wildman–Crippen MR) is 78.1 cm³/mol. The summed E-state index contributed by atoms with van der Waals surface area (Å²) in [5.74, 6) is -0.152. The van der Waals surface area contributed by atoms with Crippen LogP contribution in [0.3, 0.4) is 0 Å². The van der Waals surface area contributed by atoms with Gasteiger partial charge in [0, 0.05) is 9.50 Å². The topological polar surface area (TPSA) is 66.4 Å². The molecule has 0 unspecified atom stereocenters. The molecule has 2 N–H and O–H groups in total. The zero-order valence-corrected chi connectivity index (χ0v) is 12.6. The van der Waals surface area contributed by atoms with Gasteiger partial charge in [0.1, 0.15) is 5.75 Å². The maximum absolute atomic E-state index is 12.1. The first-order valence-corrected chi connectivity index (χ1v) is 7.81. The summed E-state index contributed by atoms with van der Waals surface area (Å²) >= 11 is 8.91. The van der Waals surface area contributed by atoms with Crippen LogP contribution in [0.5, 0.6) is 5.75 Å². The van der Waals surface area contributed by atoms with Crippen molar-refractivity contribution in [3.63, 3.8) is 0 Å². The summed E-state index contributed by atoms with van der Waals surface area (Å²) in [5.41, 5.74) is 0.101. The highest BCUT2D eigenvalue weighted by atomic mass is 79.9. The summed E-state index contributed by atoms with van der Waals surface area (Å²) in [6.07, 6.45) is 0. The molecule has 0 aliphatic heterocycles. The highest BCUT2D eigenvalue weighted by Crippen LogP contribution is 2.29. The van der Waals surface area contributed by atoms with E-state index in [-0.39, 0.29) is 16.3 Å². The SMILES string of the molecule is O=S(=O)(Nc1cc(Br)ccc1O)c1ccc(Cl)cc1. The van der Waals surface area contributed by atoms with Crippen molar-refractivity contribution in [3.05, 3.63) is 52.0 Å². The first-order chi connectivity index (χ1) is 8.88. The minimum atomic E-state index is -3.76. The van der Waals surface area contributed by atoms with Crippen LogP contribution >= 0.6 is 27.5 Å². The monoisotopic (exact) mass is 361 g/mol. The van der Waals surface area contributed by atoms with Crippen molar-refractivity contribution < 1.29 is 13.5 Å². The Kier molecular flexibility index (Phi) is 4.03. The third kappa shape index (κ3) is 3.40. The Labute approximate surface area is 124 Å². The standard InChI is InChI=1S/C12H9BrClNO3S/c13-8-1-6-12(16)11(7-8)15-19(17,18)10-4-2-9(14)3-5-10/h1-7,15-16H. The maximum atomic E-state index is 12.1. The lowest BCUT2D eigenvalue weighted by atomic mass is 10.3. The van der Waals surface area contributed by atoms with Crippen LogP contribution in [0, 0.1) is 0 Å². The van der Waals surface area contributed by atoms with E-state index in [1.807, 2.05) is 0 Å². The minimum Gasteiger partial charge on any atom is -0.506 e. The van der Waals surface area contributed by atoms with E-state index in [9.17, 15) is 13.5 Å². The zero-order chi connectivity index (χ0) is 14.0. The lowest BCUT2D eigenvalue weighted by Crippen LogP contribution is -2.12. The van der Waals surface area contributed by atoms with E-state index >= 15 is 0 Å². The molecule has 0 amide bonds. The molecule has 2 rings (SSSR count). The van der Waals surface area contributed by atoms with Gasteiger partial charge in [-0.1, -0.05) is 27.5 Å². The number of aromatic hydroxyl groups is 1. The Bertz CT molecular complexity index is 701. The number of hydrogen-bond acceptors (Lipinski definition) is 3. The average Bonchev–Trinajstić information content (AvgIpc) is 2.34. The normalized spacial score (nSPS) is 11.3. The molecule has 2 aromatic rings. The van der Waals surface area contributed by atoms with Crippen molar-refractivity contribution in [1.29, 1.82) is 0 Å². The molecule has 100 valence electrons. The van der Waals surface area contributed by atoms with E-state index in [0.29, 0.717) is 9.50 Å².